The lowest BCUT2D eigenvalue weighted by Crippen LogP contribution is -2.07. The molecular weight excluding hydrogens is 310 g/mol. The van der Waals surface area contributed by atoms with Crippen molar-refractivity contribution in [2.24, 2.45) is 0 Å². The molecule has 0 atom stereocenters. The monoisotopic (exact) mass is 325 g/mol. The second kappa shape index (κ2) is 7.28. The van der Waals surface area contributed by atoms with Crippen LogP contribution in [0.5, 0.6) is 5.75 Å². The van der Waals surface area contributed by atoms with Gasteiger partial charge in [0.25, 0.3) is 0 Å². The summed E-state index contributed by atoms with van der Waals surface area (Å²) in [5, 5.41) is 17.9. The topological polar surface area (TPSA) is 75.5 Å². The second-order valence-corrected chi connectivity index (χ2v) is 6.57. The zero-order valence-electron chi connectivity index (χ0n) is 11.6. The molecule has 0 spiro atoms. The van der Waals surface area contributed by atoms with E-state index in [0.717, 1.165) is 15.2 Å². The molecule has 1 N–H and O–H groups in total. The Labute approximate surface area is 130 Å². The molecule has 2 rings (SSSR count). The van der Waals surface area contributed by atoms with Gasteiger partial charge < -0.3 is 14.7 Å². The van der Waals surface area contributed by atoms with Crippen molar-refractivity contribution in [3.05, 3.63) is 29.8 Å². The van der Waals surface area contributed by atoms with Crippen LogP contribution in [-0.4, -0.2) is 47.7 Å². The highest BCUT2D eigenvalue weighted by Crippen LogP contribution is 2.26. The third-order valence-electron chi connectivity index (χ3n) is 2.44. The molecule has 0 aliphatic heterocycles. The number of benzene rings is 1. The molecule has 6 nitrogen and oxygen atoms in total. The standard InChI is InChI=1S/C13H15N3O3S2/c1-16(2)12-14-15-13(21-12)20-7-6-19-10-5-3-4-9(8-10)11(17)18/h3-5,8H,6-7H2,1-2H3,(H,17,18). The van der Waals surface area contributed by atoms with Crippen molar-refractivity contribution < 1.29 is 14.6 Å². The van der Waals surface area contributed by atoms with Crippen molar-refractivity contribution in [2.45, 2.75) is 4.34 Å². The first-order valence-electron chi connectivity index (χ1n) is 6.16. The number of hydrogen-bond donors (Lipinski definition) is 1. The molecule has 1 heterocycles. The lowest BCUT2D eigenvalue weighted by Gasteiger charge is -2.05. The molecule has 0 radical (unpaired) electrons. The highest BCUT2D eigenvalue weighted by molar-refractivity contribution is 8.01. The molecule has 112 valence electrons. The molecule has 0 saturated heterocycles. The maximum atomic E-state index is 10.8. The van der Waals surface area contributed by atoms with Crippen LogP contribution in [0.3, 0.4) is 0 Å². The smallest absolute Gasteiger partial charge is 0.335 e. The van der Waals surface area contributed by atoms with E-state index in [-0.39, 0.29) is 5.56 Å². The van der Waals surface area contributed by atoms with Crippen LogP contribution in [0, 0.1) is 0 Å². The van der Waals surface area contributed by atoms with Crippen LogP contribution in [0.25, 0.3) is 0 Å². The van der Waals surface area contributed by atoms with Crippen LogP contribution in [0.1, 0.15) is 10.4 Å². The molecule has 1 aromatic heterocycles. The molecule has 1 aromatic carbocycles. The normalized spacial score (nSPS) is 10.4. The zero-order chi connectivity index (χ0) is 15.2. The van der Waals surface area contributed by atoms with Gasteiger partial charge in [-0.15, -0.1) is 10.2 Å². The minimum atomic E-state index is -0.958. The van der Waals surface area contributed by atoms with E-state index in [9.17, 15) is 4.79 Å². The number of ether oxygens (including phenoxy) is 1. The highest BCUT2D eigenvalue weighted by Gasteiger charge is 2.07. The summed E-state index contributed by atoms with van der Waals surface area (Å²) in [6.45, 7) is 0.477. The Bertz CT molecular complexity index is 616. The minimum absolute atomic E-state index is 0.222. The van der Waals surface area contributed by atoms with E-state index in [1.807, 2.05) is 19.0 Å². The van der Waals surface area contributed by atoms with Gasteiger partial charge in [0, 0.05) is 19.8 Å². The third-order valence-corrected chi connectivity index (χ3v) is 4.63. The van der Waals surface area contributed by atoms with Gasteiger partial charge in [-0.3, -0.25) is 0 Å². The molecule has 0 amide bonds. The first-order valence-corrected chi connectivity index (χ1v) is 7.96. The molecule has 0 aliphatic carbocycles. The molecule has 21 heavy (non-hydrogen) atoms. The predicted octanol–water partition coefficient (Wildman–Crippen LogP) is 2.47. The van der Waals surface area contributed by atoms with Crippen molar-refractivity contribution in [1.29, 1.82) is 0 Å². The first-order chi connectivity index (χ1) is 10.1. The average Bonchev–Trinajstić information content (AvgIpc) is 2.93. The van der Waals surface area contributed by atoms with E-state index < -0.39 is 5.97 Å². The Morgan fingerprint density at radius 3 is 2.90 bits per heavy atom. The van der Waals surface area contributed by atoms with Gasteiger partial charge in [-0.05, 0) is 18.2 Å². The number of carboxylic acids is 1. The SMILES string of the molecule is CN(C)c1nnc(SCCOc2cccc(C(=O)O)c2)s1. The maximum absolute atomic E-state index is 10.8. The predicted molar refractivity (Wildman–Crippen MR) is 83.9 cm³/mol. The van der Waals surface area contributed by atoms with E-state index >= 15 is 0 Å². The Kier molecular flexibility index (Phi) is 5.40. The van der Waals surface area contributed by atoms with Crippen molar-refractivity contribution in [3.8, 4) is 5.75 Å². The molecule has 0 bridgehead atoms. The minimum Gasteiger partial charge on any atom is -0.493 e. The van der Waals surface area contributed by atoms with Gasteiger partial charge in [0.15, 0.2) is 4.34 Å². The molecule has 0 aliphatic rings. The maximum Gasteiger partial charge on any atom is 0.335 e. The molecule has 8 heteroatoms. The van der Waals surface area contributed by atoms with Crippen LogP contribution in [-0.2, 0) is 0 Å². The van der Waals surface area contributed by atoms with E-state index in [1.54, 1.807) is 23.9 Å². The molecule has 0 saturated carbocycles. The highest BCUT2D eigenvalue weighted by atomic mass is 32.2. The number of hydrogen-bond acceptors (Lipinski definition) is 7. The Balaban J connectivity index is 1.79. The fourth-order valence-corrected chi connectivity index (χ4v) is 3.10. The number of aromatic carboxylic acids is 1. The van der Waals surface area contributed by atoms with Crippen molar-refractivity contribution in [3.63, 3.8) is 0 Å². The van der Waals surface area contributed by atoms with Gasteiger partial charge in [0.1, 0.15) is 5.75 Å². The quantitative estimate of drug-likeness (QED) is 0.619. The van der Waals surface area contributed by atoms with Crippen LogP contribution >= 0.6 is 23.1 Å². The molecule has 0 unspecified atom stereocenters. The van der Waals surface area contributed by atoms with Crippen LogP contribution in [0.4, 0.5) is 5.13 Å². The summed E-state index contributed by atoms with van der Waals surface area (Å²) in [7, 11) is 3.85. The number of rotatable bonds is 7. The fourth-order valence-electron chi connectivity index (χ4n) is 1.45. The summed E-state index contributed by atoms with van der Waals surface area (Å²) in [4.78, 5) is 12.8. The van der Waals surface area contributed by atoms with Gasteiger partial charge in [-0.2, -0.15) is 0 Å². The van der Waals surface area contributed by atoms with Crippen molar-refractivity contribution in [2.75, 3.05) is 31.4 Å². The zero-order valence-corrected chi connectivity index (χ0v) is 13.3. The number of anilines is 1. The molecular formula is C13H15N3O3S2. The largest absolute Gasteiger partial charge is 0.493 e. The van der Waals surface area contributed by atoms with Gasteiger partial charge in [0.2, 0.25) is 5.13 Å². The fraction of sp³-hybridized carbons (Fsp3) is 0.308. The average molecular weight is 325 g/mol. The van der Waals surface area contributed by atoms with Crippen LogP contribution in [0.2, 0.25) is 0 Å². The summed E-state index contributed by atoms with van der Waals surface area (Å²) in [6.07, 6.45) is 0. The van der Waals surface area contributed by atoms with Crippen molar-refractivity contribution in [1.82, 2.24) is 10.2 Å². The summed E-state index contributed by atoms with van der Waals surface area (Å²) in [6, 6.07) is 6.46. The van der Waals surface area contributed by atoms with Crippen molar-refractivity contribution >= 4 is 34.2 Å². The number of nitrogens with zero attached hydrogens (tertiary/aromatic N) is 3. The van der Waals surface area contributed by atoms with E-state index in [0.29, 0.717) is 12.4 Å². The number of carbonyl (C=O) groups is 1. The summed E-state index contributed by atoms with van der Waals surface area (Å²) in [5.41, 5.74) is 0.222. The van der Waals surface area contributed by atoms with E-state index in [4.69, 9.17) is 9.84 Å². The van der Waals surface area contributed by atoms with Crippen LogP contribution < -0.4 is 9.64 Å². The summed E-state index contributed by atoms with van der Waals surface area (Å²) in [5.74, 6) is 0.320. The summed E-state index contributed by atoms with van der Waals surface area (Å²) >= 11 is 3.09. The molecule has 2 aromatic rings. The van der Waals surface area contributed by atoms with E-state index in [1.165, 1.54) is 23.5 Å². The second-order valence-electron chi connectivity index (χ2n) is 4.27. The third kappa shape index (κ3) is 4.61. The Morgan fingerprint density at radius 2 is 2.24 bits per heavy atom. The Morgan fingerprint density at radius 1 is 1.43 bits per heavy atom. The van der Waals surface area contributed by atoms with Crippen LogP contribution in [0.15, 0.2) is 28.6 Å². The summed E-state index contributed by atoms with van der Waals surface area (Å²) < 4.78 is 6.43. The number of carboxylic acid groups (broad SMARTS) is 1. The van der Waals surface area contributed by atoms with Gasteiger partial charge >= 0.3 is 5.97 Å². The Hall–Kier alpha value is -1.80. The lowest BCUT2D eigenvalue weighted by atomic mass is 10.2. The molecule has 0 fully saturated rings. The first kappa shape index (κ1) is 15.6. The number of aromatic nitrogens is 2. The number of thioether (sulfide) groups is 1. The lowest BCUT2D eigenvalue weighted by molar-refractivity contribution is 0.0696. The van der Waals surface area contributed by atoms with Gasteiger partial charge in [-0.25, -0.2) is 4.79 Å². The van der Waals surface area contributed by atoms with Gasteiger partial charge in [-0.1, -0.05) is 29.2 Å². The van der Waals surface area contributed by atoms with E-state index in [2.05, 4.69) is 10.2 Å². The van der Waals surface area contributed by atoms with Gasteiger partial charge in [0.05, 0.1) is 12.2 Å².